The minimum Gasteiger partial charge on any atom is -0.0683 e. The molecule has 14 heavy (non-hydrogen) atoms. The normalized spacial score (nSPS) is 10.4. The first-order valence-electron chi connectivity index (χ1n) is 5.63. The zero-order valence-corrected chi connectivity index (χ0v) is 10.5. The lowest BCUT2D eigenvalue weighted by Crippen LogP contribution is -2.10. The second-order valence-corrected chi connectivity index (χ2v) is 4.30. The molecular weight excluding hydrogens is 168 g/mol. The van der Waals surface area contributed by atoms with Crippen molar-refractivity contribution in [3.8, 4) is 0 Å². The Kier molecular flexibility index (Phi) is 5.52. The fourth-order valence-corrected chi connectivity index (χ4v) is 1.26. The molecule has 0 saturated heterocycles. The van der Waals surface area contributed by atoms with Crippen LogP contribution in [0.5, 0.6) is 0 Å². The molecule has 0 bridgehead atoms. The summed E-state index contributed by atoms with van der Waals surface area (Å²) in [6.45, 7) is 13.0. The van der Waals surface area contributed by atoms with Crippen molar-refractivity contribution in [3.63, 3.8) is 0 Å². The van der Waals surface area contributed by atoms with E-state index >= 15 is 0 Å². The predicted molar refractivity (Wildman–Crippen MR) is 65.9 cm³/mol. The van der Waals surface area contributed by atoms with E-state index in [0.29, 0.717) is 0 Å². The van der Waals surface area contributed by atoms with Gasteiger partial charge in [-0.3, -0.25) is 0 Å². The maximum atomic E-state index is 2.31. The molecule has 0 aliphatic heterocycles. The van der Waals surface area contributed by atoms with E-state index < -0.39 is 0 Å². The first-order chi connectivity index (χ1) is 6.54. The van der Waals surface area contributed by atoms with E-state index in [4.69, 9.17) is 0 Å². The van der Waals surface area contributed by atoms with Gasteiger partial charge in [0.05, 0.1) is 0 Å². The monoisotopic (exact) mass is 192 g/mol. The van der Waals surface area contributed by atoms with Crippen LogP contribution in [-0.4, -0.2) is 0 Å². The first-order valence-corrected chi connectivity index (χ1v) is 5.63. The predicted octanol–water partition coefficient (Wildman–Crippen LogP) is 4.57. The van der Waals surface area contributed by atoms with Gasteiger partial charge in [0.15, 0.2) is 0 Å². The molecule has 0 spiro atoms. The van der Waals surface area contributed by atoms with Crippen molar-refractivity contribution < 1.29 is 0 Å². The van der Waals surface area contributed by atoms with Crippen LogP contribution in [0.2, 0.25) is 0 Å². The Morgan fingerprint density at radius 2 is 1.64 bits per heavy atom. The Morgan fingerprint density at radius 3 is 2.07 bits per heavy atom. The van der Waals surface area contributed by atoms with Gasteiger partial charge in [0, 0.05) is 0 Å². The molecule has 0 radical (unpaired) electrons. The summed E-state index contributed by atoms with van der Waals surface area (Å²) in [5.74, 6) is 0. The quantitative estimate of drug-likeness (QED) is 0.611. The minimum atomic E-state index is 0.283. The van der Waals surface area contributed by atoms with E-state index in [-0.39, 0.29) is 5.41 Å². The highest BCUT2D eigenvalue weighted by Crippen LogP contribution is 2.22. The molecule has 0 aromatic heterocycles. The third kappa shape index (κ3) is 3.95. The van der Waals surface area contributed by atoms with Gasteiger partial charge in [-0.05, 0) is 23.0 Å². The Bertz CT molecular complexity index is 253. The van der Waals surface area contributed by atoms with E-state index in [1.807, 2.05) is 13.8 Å². The lowest BCUT2D eigenvalue weighted by molar-refractivity contribution is 0.589. The molecule has 0 heterocycles. The van der Waals surface area contributed by atoms with Crippen molar-refractivity contribution in [2.45, 2.75) is 53.4 Å². The average Bonchev–Trinajstić information content (AvgIpc) is 2.20. The van der Waals surface area contributed by atoms with Gasteiger partial charge in [0.25, 0.3) is 0 Å². The molecule has 0 unspecified atom stereocenters. The number of hydrogen-bond donors (Lipinski definition) is 0. The summed E-state index contributed by atoms with van der Waals surface area (Å²) in [7, 11) is 0. The third-order valence-electron chi connectivity index (χ3n) is 2.20. The molecule has 0 saturated carbocycles. The topological polar surface area (TPSA) is 0 Å². The SMILES string of the molecule is CC.CCc1cccc(C(C)(C)C)c1. The second kappa shape index (κ2) is 5.85. The summed E-state index contributed by atoms with van der Waals surface area (Å²) in [5.41, 5.74) is 3.15. The van der Waals surface area contributed by atoms with Gasteiger partial charge in [0.1, 0.15) is 0 Å². The lowest BCUT2D eigenvalue weighted by atomic mass is 9.86. The van der Waals surface area contributed by atoms with Gasteiger partial charge in [0.2, 0.25) is 0 Å². The summed E-state index contributed by atoms with van der Waals surface area (Å²) < 4.78 is 0. The van der Waals surface area contributed by atoms with Gasteiger partial charge >= 0.3 is 0 Å². The van der Waals surface area contributed by atoms with Crippen molar-refractivity contribution in [1.82, 2.24) is 0 Å². The molecule has 0 atom stereocenters. The second-order valence-electron chi connectivity index (χ2n) is 4.30. The molecular formula is C14H24. The molecule has 80 valence electrons. The standard InChI is InChI=1S/C12H18.C2H6/c1-5-10-7-6-8-11(9-10)12(2,3)4;1-2/h6-9H,5H2,1-4H3;1-2H3. The van der Waals surface area contributed by atoms with Crippen molar-refractivity contribution in [2.24, 2.45) is 0 Å². The molecule has 0 aliphatic rings. The zero-order valence-electron chi connectivity index (χ0n) is 10.5. The number of aryl methyl sites for hydroxylation is 1. The van der Waals surface area contributed by atoms with Gasteiger partial charge in [-0.1, -0.05) is 65.8 Å². The van der Waals surface area contributed by atoms with Crippen molar-refractivity contribution in [1.29, 1.82) is 0 Å². The lowest BCUT2D eigenvalue weighted by Gasteiger charge is -2.19. The number of benzene rings is 1. The van der Waals surface area contributed by atoms with Crippen LogP contribution in [0.25, 0.3) is 0 Å². The van der Waals surface area contributed by atoms with Gasteiger partial charge in [-0.15, -0.1) is 0 Å². The molecule has 0 nitrogen and oxygen atoms in total. The number of rotatable bonds is 1. The van der Waals surface area contributed by atoms with Gasteiger partial charge in [-0.25, -0.2) is 0 Å². The molecule has 1 aromatic rings. The van der Waals surface area contributed by atoms with Crippen LogP contribution >= 0.6 is 0 Å². The Balaban J connectivity index is 0.000000791. The van der Waals surface area contributed by atoms with Crippen LogP contribution in [0.15, 0.2) is 24.3 Å². The summed E-state index contributed by atoms with van der Waals surface area (Å²) in [4.78, 5) is 0. The van der Waals surface area contributed by atoms with Gasteiger partial charge in [-0.2, -0.15) is 0 Å². The highest BCUT2D eigenvalue weighted by Gasteiger charge is 2.12. The first kappa shape index (κ1) is 13.2. The van der Waals surface area contributed by atoms with Crippen LogP contribution in [0.1, 0.15) is 52.7 Å². The average molecular weight is 192 g/mol. The molecule has 0 amide bonds. The highest BCUT2D eigenvalue weighted by atomic mass is 14.2. The summed E-state index contributed by atoms with van der Waals surface area (Å²) in [5, 5.41) is 0. The van der Waals surface area contributed by atoms with Crippen LogP contribution in [0, 0.1) is 0 Å². The summed E-state index contributed by atoms with van der Waals surface area (Å²) in [6, 6.07) is 8.85. The van der Waals surface area contributed by atoms with Crippen molar-refractivity contribution in [2.75, 3.05) is 0 Å². The molecule has 1 rings (SSSR count). The van der Waals surface area contributed by atoms with Crippen molar-refractivity contribution >= 4 is 0 Å². The van der Waals surface area contributed by atoms with E-state index in [9.17, 15) is 0 Å². The molecule has 1 aromatic carbocycles. The van der Waals surface area contributed by atoms with Crippen LogP contribution < -0.4 is 0 Å². The highest BCUT2D eigenvalue weighted by molar-refractivity contribution is 5.28. The molecule has 0 aliphatic carbocycles. The fraction of sp³-hybridized carbons (Fsp3) is 0.571. The van der Waals surface area contributed by atoms with Crippen LogP contribution in [0.4, 0.5) is 0 Å². The zero-order chi connectivity index (χ0) is 11.2. The van der Waals surface area contributed by atoms with Crippen LogP contribution in [0.3, 0.4) is 0 Å². The molecule has 0 heteroatoms. The maximum absolute atomic E-state index is 2.31. The Labute approximate surface area is 89.4 Å². The van der Waals surface area contributed by atoms with E-state index in [1.165, 1.54) is 11.1 Å². The van der Waals surface area contributed by atoms with E-state index in [2.05, 4.69) is 52.0 Å². The maximum Gasteiger partial charge on any atom is -0.0132 e. The summed E-state index contributed by atoms with van der Waals surface area (Å²) >= 11 is 0. The third-order valence-corrected chi connectivity index (χ3v) is 2.20. The molecule has 0 fully saturated rings. The fourth-order valence-electron chi connectivity index (χ4n) is 1.26. The smallest absolute Gasteiger partial charge is 0.0132 e. The van der Waals surface area contributed by atoms with Crippen molar-refractivity contribution in [3.05, 3.63) is 35.4 Å². The van der Waals surface area contributed by atoms with E-state index in [0.717, 1.165) is 6.42 Å². The van der Waals surface area contributed by atoms with E-state index in [1.54, 1.807) is 0 Å². The van der Waals surface area contributed by atoms with Gasteiger partial charge < -0.3 is 0 Å². The minimum absolute atomic E-state index is 0.283. The Hall–Kier alpha value is -0.780. The largest absolute Gasteiger partial charge is 0.0683 e. The molecule has 0 N–H and O–H groups in total. The van der Waals surface area contributed by atoms with Crippen LogP contribution in [-0.2, 0) is 11.8 Å². The number of hydrogen-bond acceptors (Lipinski definition) is 0. The Morgan fingerprint density at radius 1 is 1.07 bits per heavy atom. The summed E-state index contributed by atoms with van der Waals surface area (Å²) in [6.07, 6.45) is 1.13.